The average Bonchev–Trinajstić information content (AvgIpc) is 2.82. The molecule has 0 spiro atoms. The van der Waals surface area contributed by atoms with E-state index in [2.05, 4.69) is 51.8 Å². The summed E-state index contributed by atoms with van der Waals surface area (Å²) in [6.07, 6.45) is 4.39. The third-order valence-electron chi connectivity index (χ3n) is 6.98. The molecule has 0 amide bonds. The lowest BCUT2D eigenvalue weighted by Gasteiger charge is -2.54. The van der Waals surface area contributed by atoms with E-state index in [1.165, 1.54) is 25.8 Å². The van der Waals surface area contributed by atoms with Gasteiger partial charge in [-0.2, -0.15) is 0 Å². The zero-order chi connectivity index (χ0) is 14.7. The van der Waals surface area contributed by atoms with Gasteiger partial charge >= 0.3 is 0 Å². The molecular formula is C18H34N2. The fourth-order valence-electron chi connectivity index (χ4n) is 5.82. The van der Waals surface area contributed by atoms with E-state index in [9.17, 15) is 0 Å². The zero-order valence-corrected chi connectivity index (χ0v) is 14.4. The molecule has 20 heavy (non-hydrogen) atoms. The van der Waals surface area contributed by atoms with Gasteiger partial charge in [0.15, 0.2) is 0 Å². The van der Waals surface area contributed by atoms with E-state index in [-0.39, 0.29) is 0 Å². The molecule has 2 bridgehead atoms. The van der Waals surface area contributed by atoms with Gasteiger partial charge in [-0.1, -0.05) is 34.6 Å². The first-order valence-corrected chi connectivity index (χ1v) is 8.75. The maximum absolute atomic E-state index is 3.76. The largest absolute Gasteiger partial charge is 0.311 e. The van der Waals surface area contributed by atoms with E-state index >= 15 is 0 Å². The Labute approximate surface area is 125 Å². The minimum Gasteiger partial charge on any atom is -0.311 e. The van der Waals surface area contributed by atoms with Gasteiger partial charge in [-0.3, -0.25) is 4.90 Å². The van der Waals surface area contributed by atoms with Crippen molar-refractivity contribution in [3.8, 4) is 0 Å². The van der Waals surface area contributed by atoms with Gasteiger partial charge in [0.05, 0.1) is 0 Å². The number of hydrogen-bond acceptors (Lipinski definition) is 2. The predicted molar refractivity (Wildman–Crippen MR) is 85.8 cm³/mol. The summed E-state index contributed by atoms with van der Waals surface area (Å²) in [5, 5.41) is 3.76. The van der Waals surface area contributed by atoms with Gasteiger partial charge in [0.1, 0.15) is 0 Å². The summed E-state index contributed by atoms with van der Waals surface area (Å²) in [6, 6.07) is 2.14. The normalized spacial score (nSPS) is 48.1. The van der Waals surface area contributed by atoms with Crippen molar-refractivity contribution in [3.63, 3.8) is 0 Å². The van der Waals surface area contributed by atoms with E-state index < -0.39 is 0 Å². The smallest absolute Gasteiger partial charge is 0.0218 e. The highest BCUT2D eigenvalue weighted by molar-refractivity contribution is 5.14. The van der Waals surface area contributed by atoms with Gasteiger partial charge in [-0.05, 0) is 48.9 Å². The first kappa shape index (κ1) is 14.8. The molecule has 2 heteroatoms. The highest BCUT2D eigenvalue weighted by Crippen LogP contribution is 2.64. The van der Waals surface area contributed by atoms with Crippen LogP contribution < -0.4 is 5.32 Å². The molecule has 1 aliphatic heterocycles. The van der Waals surface area contributed by atoms with Crippen LogP contribution in [0, 0.1) is 22.7 Å². The third kappa shape index (κ3) is 2.06. The van der Waals surface area contributed by atoms with Crippen LogP contribution in [0.2, 0.25) is 0 Å². The SMILES string of the molecule is CC(C)C1CN(C2C3(C)CCC(C3)C2(C)C)C(C)CN1. The van der Waals surface area contributed by atoms with Gasteiger partial charge in [-0.15, -0.1) is 0 Å². The molecule has 1 saturated heterocycles. The molecule has 1 heterocycles. The van der Waals surface area contributed by atoms with Crippen molar-refractivity contribution in [2.24, 2.45) is 22.7 Å². The van der Waals surface area contributed by atoms with E-state index in [0.717, 1.165) is 24.4 Å². The Morgan fingerprint density at radius 2 is 1.90 bits per heavy atom. The van der Waals surface area contributed by atoms with Gasteiger partial charge in [0, 0.05) is 31.2 Å². The minimum absolute atomic E-state index is 0.500. The highest BCUT2D eigenvalue weighted by atomic mass is 15.3. The van der Waals surface area contributed by atoms with Gasteiger partial charge in [0.25, 0.3) is 0 Å². The van der Waals surface area contributed by atoms with Gasteiger partial charge in [0.2, 0.25) is 0 Å². The summed E-state index contributed by atoms with van der Waals surface area (Å²) in [5.41, 5.74) is 1.07. The summed E-state index contributed by atoms with van der Waals surface area (Å²) in [6.45, 7) is 17.2. The lowest BCUT2D eigenvalue weighted by atomic mass is 9.67. The van der Waals surface area contributed by atoms with Crippen LogP contribution in [0.1, 0.15) is 60.8 Å². The Kier molecular flexibility index (Phi) is 3.49. The molecule has 2 saturated carbocycles. The Balaban J connectivity index is 1.86. The summed E-state index contributed by atoms with van der Waals surface area (Å²) in [5.74, 6) is 1.69. The molecule has 2 nitrogen and oxygen atoms in total. The number of hydrogen-bond donors (Lipinski definition) is 1. The van der Waals surface area contributed by atoms with Crippen LogP contribution >= 0.6 is 0 Å². The Bertz CT molecular complexity index is 371. The number of rotatable bonds is 2. The molecule has 0 aromatic rings. The van der Waals surface area contributed by atoms with E-state index in [0.29, 0.717) is 22.9 Å². The number of nitrogens with zero attached hydrogens (tertiary/aromatic N) is 1. The Morgan fingerprint density at radius 3 is 2.45 bits per heavy atom. The average molecular weight is 278 g/mol. The molecule has 2 aliphatic carbocycles. The van der Waals surface area contributed by atoms with Crippen LogP contribution in [-0.2, 0) is 0 Å². The van der Waals surface area contributed by atoms with E-state index in [1.807, 2.05) is 0 Å². The number of piperazine rings is 1. The van der Waals surface area contributed by atoms with Crippen LogP contribution in [0.25, 0.3) is 0 Å². The lowest BCUT2D eigenvalue weighted by molar-refractivity contribution is -0.0397. The maximum Gasteiger partial charge on any atom is 0.0218 e. The second-order valence-corrected chi connectivity index (χ2v) is 9.12. The van der Waals surface area contributed by atoms with E-state index in [1.54, 1.807) is 0 Å². The van der Waals surface area contributed by atoms with Crippen molar-refractivity contribution in [1.82, 2.24) is 10.2 Å². The lowest BCUT2D eigenvalue weighted by Crippen LogP contribution is -2.65. The van der Waals surface area contributed by atoms with Crippen molar-refractivity contribution in [1.29, 1.82) is 0 Å². The molecule has 5 atom stereocenters. The monoisotopic (exact) mass is 278 g/mol. The second kappa shape index (κ2) is 4.71. The molecule has 3 aliphatic rings. The molecule has 0 aromatic heterocycles. The summed E-state index contributed by atoms with van der Waals surface area (Å²) in [4.78, 5) is 2.89. The molecular weight excluding hydrogens is 244 g/mol. The molecule has 5 unspecified atom stereocenters. The second-order valence-electron chi connectivity index (χ2n) is 9.12. The number of fused-ring (bicyclic) bond motifs is 2. The van der Waals surface area contributed by atoms with Crippen LogP contribution in [0.15, 0.2) is 0 Å². The first-order chi connectivity index (χ1) is 9.25. The quantitative estimate of drug-likeness (QED) is 0.831. The molecule has 3 fully saturated rings. The van der Waals surface area contributed by atoms with E-state index in [4.69, 9.17) is 0 Å². The highest BCUT2D eigenvalue weighted by Gasteiger charge is 2.61. The van der Waals surface area contributed by atoms with Crippen molar-refractivity contribution in [2.75, 3.05) is 13.1 Å². The van der Waals surface area contributed by atoms with Crippen LogP contribution in [0.4, 0.5) is 0 Å². The molecule has 116 valence electrons. The fourth-order valence-corrected chi connectivity index (χ4v) is 5.82. The fraction of sp³-hybridized carbons (Fsp3) is 1.00. The molecule has 1 N–H and O–H groups in total. The topological polar surface area (TPSA) is 15.3 Å². The van der Waals surface area contributed by atoms with Crippen LogP contribution in [0.5, 0.6) is 0 Å². The van der Waals surface area contributed by atoms with Crippen molar-refractivity contribution in [3.05, 3.63) is 0 Å². The zero-order valence-electron chi connectivity index (χ0n) is 14.4. The van der Waals surface area contributed by atoms with Crippen molar-refractivity contribution < 1.29 is 0 Å². The third-order valence-corrected chi connectivity index (χ3v) is 6.98. The van der Waals surface area contributed by atoms with Gasteiger partial charge in [-0.25, -0.2) is 0 Å². The summed E-state index contributed by atoms with van der Waals surface area (Å²) < 4.78 is 0. The molecule has 3 rings (SSSR count). The minimum atomic E-state index is 0.500. The standard InChI is InChI=1S/C18H34N2/c1-12(2)15-11-20(13(3)10-19-15)16-17(4,5)14-7-8-18(16,6)9-14/h12-16,19H,7-11H2,1-6H3. The van der Waals surface area contributed by atoms with Crippen LogP contribution in [-0.4, -0.2) is 36.1 Å². The van der Waals surface area contributed by atoms with Crippen molar-refractivity contribution >= 4 is 0 Å². The maximum atomic E-state index is 3.76. The molecule has 0 aromatic carbocycles. The summed E-state index contributed by atoms with van der Waals surface area (Å²) in [7, 11) is 0. The van der Waals surface area contributed by atoms with Gasteiger partial charge < -0.3 is 5.32 Å². The Morgan fingerprint density at radius 1 is 1.20 bits per heavy atom. The first-order valence-electron chi connectivity index (χ1n) is 8.75. The Hall–Kier alpha value is -0.0800. The predicted octanol–water partition coefficient (Wildman–Crippen LogP) is 3.52. The van der Waals surface area contributed by atoms with Crippen molar-refractivity contribution in [2.45, 2.75) is 78.9 Å². The molecule has 0 radical (unpaired) electrons. The summed E-state index contributed by atoms with van der Waals surface area (Å²) >= 11 is 0. The van der Waals surface area contributed by atoms with Crippen LogP contribution in [0.3, 0.4) is 0 Å². The number of nitrogens with one attached hydrogen (secondary N) is 1.